The lowest BCUT2D eigenvalue weighted by Crippen LogP contribution is -2.35. The summed E-state index contributed by atoms with van der Waals surface area (Å²) >= 11 is 3.42. The second-order valence-corrected chi connectivity index (χ2v) is 10.7. The quantitative estimate of drug-likeness (QED) is 0.651. The highest BCUT2D eigenvalue weighted by atomic mass is 79.9. The highest BCUT2D eigenvalue weighted by Crippen LogP contribution is 2.49. The van der Waals surface area contributed by atoms with Gasteiger partial charge in [0.25, 0.3) is 0 Å². The molecule has 160 valence electrons. The van der Waals surface area contributed by atoms with Crippen LogP contribution in [0.2, 0.25) is 0 Å². The number of anilines is 1. The van der Waals surface area contributed by atoms with Crippen molar-refractivity contribution >= 4 is 37.5 Å². The maximum atomic E-state index is 13.2. The second-order valence-electron chi connectivity index (χ2n) is 7.87. The molecule has 30 heavy (non-hydrogen) atoms. The van der Waals surface area contributed by atoms with Gasteiger partial charge in [-0.05, 0) is 61.6 Å². The zero-order chi connectivity index (χ0) is 21.4. The zero-order valence-electron chi connectivity index (χ0n) is 16.9. The number of ether oxygens (including phenoxy) is 1. The Morgan fingerprint density at radius 3 is 2.33 bits per heavy atom. The van der Waals surface area contributed by atoms with E-state index in [0.717, 1.165) is 42.1 Å². The fraction of sp³-hybridized carbons (Fsp3) is 0.409. The summed E-state index contributed by atoms with van der Waals surface area (Å²) in [7, 11) is -2.23. The fourth-order valence-electron chi connectivity index (χ4n) is 3.99. The number of piperidine rings is 1. The molecule has 0 aromatic heterocycles. The minimum Gasteiger partial charge on any atom is -0.495 e. The summed E-state index contributed by atoms with van der Waals surface area (Å²) in [5.74, 6) is 0.170. The first-order valence-electron chi connectivity index (χ1n) is 10.1. The predicted octanol–water partition coefficient (Wildman–Crippen LogP) is 4.30. The number of hydrogen-bond acceptors (Lipinski definition) is 4. The van der Waals surface area contributed by atoms with Gasteiger partial charge in [-0.15, -0.1) is 0 Å². The monoisotopic (exact) mass is 492 g/mol. The van der Waals surface area contributed by atoms with Crippen LogP contribution in [0.15, 0.2) is 51.8 Å². The van der Waals surface area contributed by atoms with E-state index >= 15 is 0 Å². The molecule has 2 aliphatic rings. The van der Waals surface area contributed by atoms with Crippen molar-refractivity contribution in [2.24, 2.45) is 0 Å². The van der Waals surface area contributed by atoms with Crippen LogP contribution in [0.1, 0.15) is 37.7 Å². The van der Waals surface area contributed by atoms with E-state index in [1.165, 1.54) is 17.5 Å². The number of methoxy groups -OCH3 is 1. The van der Waals surface area contributed by atoms with Crippen LogP contribution < -0.4 is 10.1 Å². The van der Waals surface area contributed by atoms with Crippen molar-refractivity contribution in [3.8, 4) is 5.75 Å². The Morgan fingerprint density at radius 1 is 1.07 bits per heavy atom. The van der Waals surface area contributed by atoms with Crippen LogP contribution in [0.5, 0.6) is 5.75 Å². The molecule has 0 spiro atoms. The van der Waals surface area contributed by atoms with Gasteiger partial charge in [-0.3, -0.25) is 4.79 Å². The van der Waals surface area contributed by atoms with Crippen LogP contribution in [0, 0.1) is 0 Å². The number of halogens is 1. The maximum absolute atomic E-state index is 13.2. The summed E-state index contributed by atoms with van der Waals surface area (Å²) in [5, 5.41) is 2.94. The van der Waals surface area contributed by atoms with E-state index in [4.69, 9.17) is 4.74 Å². The van der Waals surface area contributed by atoms with Crippen LogP contribution in [0.25, 0.3) is 0 Å². The Labute approximate surface area is 185 Å². The fourth-order valence-corrected chi connectivity index (χ4v) is 5.95. The predicted molar refractivity (Wildman–Crippen MR) is 119 cm³/mol. The van der Waals surface area contributed by atoms with Gasteiger partial charge >= 0.3 is 0 Å². The number of carbonyl (C=O) groups excluding carboxylic acids is 1. The lowest BCUT2D eigenvalue weighted by molar-refractivity contribution is -0.118. The number of hydrogen-bond donors (Lipinski definition) is 1. The Hall–Kier alpha value is -1.90. The van der Waals surface area contributed by atoms with Crippen molar-refractivity contribution in [3.63, 3.8) is 0 Å². The number of amides is 1. The van der Waals surface area contributed by atoms with Gasteiger partial charge < -0.3 is 10.1 Å². The van der Waals surface area contributed by atoms with E-state index < -0.39 is 15.4 Å². The molecule has 1 N–H and O–H groups in total. The van der Waals surface area contributed by atoms with Crippen molar-refractivity contribution < 1.29 is 17.9 Å². The smallest absolute Gasteiger partial charge is 0.246 e. The van der Waals surface area contributed by atoms with Crippen LogP contribution in [-0.2, 0) is 20.2 Å². The third kappa shape index (κ3) is 4.00. The average molecular weight is 493 g/mol. The number of nitrogens with zero attached hydrogens (tertiary/aromatic N) is 1. The maximum Gasteiger partial charge on any atom is 0.246 e. The lowest BCUT2D eigenvalue weighted by Gasteiger charge is -2.26. The van der Waals surface area contributed by atoms with E-state index in [1.807, 2.05) is 24.3 Å². The minimum absolute atomic E-state index is 0.0955. The van der Waals surface area contributed by atoms with Gasteiger partial charge in [0.05, 0.1) is 12.5 Å². The highest BCUT2D eigenvalue weighted by Gasteiger charge is 2.51. The van der Waals surface area contributed by atoms with Gasteiger partial charge in [0.15, 0.2) is 0 Å². The average Bonchev–Trinajstić information content (AvgIpc) is 3.57. The molecule has 0 unspecified atom stereocenters. The standard InChI is InChI=1S/C22H25BrN2O4S/c1-29-19-10-9-18(15-20(19)30(27,28)25-13-3-2-4-14-25)24-21(26)22(11-12-22)16-5-7-17(23)8-6-16/h5-10,15H,2-4,11-14H2,1H3,(H,24,26). The van der Waals surface area contributed by atoms with Gasteiger partial charge in [-0.25, -0.2) is 8.42 Å². The summed E-state index contributed by atoms with van der Waals surface area (Å²) < 4.78 is 34.2. The van der Waals surface area contributed by atoms with Crippen LogP contribution in [0.3, 0.4) is 0 Å². The van der Waals surface area contributed by atoms with E-state index in [2.05, 4.69) is 21.2 Å². The molecule has 1 heterocycles. The molecular formula is C22H25BrN2O4S. The molecule has 1 aliphatic carbocycles. The molecule has 4 rings (SSSR count). The Morgan fingerprint density at radius 2 is 1.73 bits per heavy atom. The first-order chi connectivity index (χ1) is 14.4. The SMILES string of the molecule is COc1ccc(NC(=O)C2(c3ccc(Br)cc3)CC2)cc1S(=O)(=O)N1CCCCC1. The van der Waals surface area contributed by atoms with Crippen molar-refractivity contribution in [2.75, 3.05) is 25.5 Å². The number of carbonyl (C=O) groups is 1. The Bertz CT molecular complexity index is 1040. The van der Waals surface area contributed by atoms with E-state index in [1.54, 1.807) is 12.1 Å². The lowest BCUT2D eigenvalue weighted by atomic mass is 9.95. The van der Waals surface area contributed by atoms with Crippen molar-refractivity contribution in [1.29, 1.82) is 0 Å². The number of rotatable bonds is 6. The largest absolute Gasteiger partial charge is 0.495 e. The summed E-state index contributed by atoms with van der Waals surface area (Å²) in [6.45, 7) is 1.02. The van der Waals surface area contributed by atoms with Gasteiger partial charge in [0, 0.05) is 23.2 Å². The highest BCUT2D eigenvalue weighted by molar-refractivity contribution is 9.10. The minimum atomic E-state index is -3.69. The second kappa shape index (κ2) is 8.32. The molecule has 8 heteroatoms. The van der Waals surface area contributed by atoms with Crippen LogP contribution in [-0.4, -0.2) is 38.8 Å². The molecule has 2 fully saturated rings. The number of benzene rings is 2. The molecule has 1 saturated heterocycles. The molecular weight excluding hydrogens is 468 g/mol. The zero-order valence-corrected chi connectivity index (χ0v) is 19.3. The molecule has 0 atom stereocenters. The molecule has 1 amide bonds. The summed E-state index contributed by atoms with van der Waals surface area (Å²) in [6, 6.07) is 12.6. The Balaban J connectivity index is 1.60. The molecule has 2 aromatic carbocycles. The summed E-state index contributed by atoms with van der Waals surface area (Å²) in [4.78, 5) is 13.2. The number of nitrogens with one attached hydrogen (secondary N) is 1. The molecule has 6 nitrogen and oxygen atoms in total. The summed E-state index contributed by atoms with van der Waals surface area (Å²) in [5.41, 5.74) is 0.879. The van der Waals surface area contributed by atoms with Crippen molar-refractivity contribution in [3.05, 3.63) is 52.5 Å². The molecule has 0 radical (unpaired) electrons. The Kier molecular flexibility index (Phi) is 5.92. The number of sulfonamides is 1. The van der Waals surface area contributed by atoms with E-state index in [9.17, 15) is 13.2 Å². The van der Waals surface area contributed by atoms with Crippen molar-refractivity contribution in [1.82, 2.24) is 4.31 Å². The van der Waals surface area contributed by atoms with Gasteiger partial charge in [0.2, 0.25) is 15.9 Å². The molecule has 1 aliphatic heterocycles. The van der Waals surface area contributed by atoms with Crippen LogP contribution >= 0.6 is 15.9 Å². The molecule has 0 bridgehead atoms. The van der Waals surface area contributed by atoms with E-state index in [-0.39, 0.29) is 16.6 Å². The van der Waals surface area contributed by atoms with Gasteiger partial charge in [0.1, 0.15) is 10.6 Å². The first kappa shape index (κ1) is 21.3. The van der Waals surface area contributed by atoms with Gasteiger partial charge in [-0.2, -0.15) is 4.31 Å². The first-order valence-corrected chi connectivity index (χ1v) is 12.4. The molecule has 2 aromatic rings. The van der Waals surface area contributed by atoms with E-state index in [0.29, 0.717) is 18.8 Å². The van der Waals surface area contributed by atoms with Crippen LogP contribution in [0.4, 0.5) is 5.69 Å². The normalized spacial score (nSPS) is 18.6. The molecule has 1 saturated carbocycles. The van der Waals surface area contributed by atoms with Crippen molar-refractivity contribution in [2.45, 2.75) is 42.4 Å². The third-order valence-electron chi connectivity index (χ3n) is 5.94. The topological polar surface area (TPSA) is 75.7 Å². The third-order valence-corrected chi connectivity index (χ3v) is 8.38. The van der Waals surface area contributed by atoms with Gasteiger partial charge in [-0.1, -0.05) is 34.5 Å². The summed E-state index contributed by atoms with van der Waals surface area (Å²) in [6.07, 6.45) is 4.30.